The molecule has 0 aliphatic carbocycles. The first-order chi connectivity index (χ1) is 10.1. The molecule has 0 saturated heterocycles. The van der Waals surface area contributed by atoms with Crippen molar-refractivity contribution >= 4 is 11.8 Å². The normalized spacial score (nSPS) is 16.5. The number of carbonyl (C=O) groups is 2. The molecule has 21 heavy (non-hydrogen) atoms. The van der Waals surface area contributed by atoms with E-state index in [1.807, 2.05) is 30.3 Å². The van der Waals surface area contributed by atoms with Crippen molar-refractivity contribution in [2.24, 2.45) is 5.73 Å². The second kappa shape index (κ2) is 7.04. The monoisotopic (exact) mass is 288 g/mol. The summed E-state index contributed by atoms with van der Waals surface area (Å²) in [6, 6.07) is 9.97. The van der Waals surface area contributed by atoms with Crippen LogP contribution in [0.1, 0.15) is 18.4 Å². The SMILES string of the molecule is NC(=O)C(O)CC1=CCCN(CCc2ccccc2)C1=O. The van der Waals surface area contributed by atoms with Gasteiger partial charge in [0.2, 0.25) is 11.8 Å². The fraction of sp³-hybridized carbons (Fsp3) is 0.375. The Balaban J connectivity index is 1.92. The third-order valence-corrected chi connectivity index (χ3v) is 3.61. The van der Waals surface area contributed by atoms with Crippen molar-refractivity contribution in [2.75, 3.05) is 13.1 Å². The summed E-state index contributed by atoms with van der Waals surface area (Å²) in [5.74, 6) is -0.914. The Labute approximate surface area is 124 Å². The Morgan fingerprint density at radius 3 is 2.71 bits per heavy atom. The van der Waals surface area contributed by atoms with Gasteiger partial charge in [-0.25, -0.2) is 0 Å². The van der Waals surface area contributed by atoms with Crippen molar-refractivity contribution in [2.45, 2.75) is 25.4 Å². The van der Waals surface area contributed by atoms with Gasteiger partial charge < -0.3 is 15.7 Å². The highest BCUT2D eigenvalue weighted by Crippen LogP contribution is 2.17. The topological polar surface area (TPSA) is 83.6 Å². The quantitative estimate of drug-likeness (QED) is 0.805. The number of aliphatic hydroxyl groups excluding tert-OH is 1. The molecule has 1 aliphatic rings. The number of amides is 2. The molecule has 0 spiro atoms. The van der Waals surface area contributed by atoms with E-state index >= 15 is 0 Å². The minimum absolute atomic E-state index is 0.00396. The van der Waals surface area contributed by atoms with E-state index in [1.165, 1.54) is 5.56 Å². The number of hydrogen-bond acceptors (Lipinski definition) is 3. The zero-order valence-corrected chi connectivity index (χ0v) is 11.9. The Morgan fingerprint density at radius 2 is 2.05 bits per heavy atom. The lowest BCUT2D eigenvalue weighted by Crippen LogP contribution is -2.39. The van der Waals surface area contributed by atoms with Gasteiger partial charge in [0, 0.05) is 25.1 Å². The van der Waals surface area contributed by atoms with Gasteiger partial charge in [-0.15, -0.1) is 0 Å². The van der Waals surface area contributed by atoms with E-state index in [-0.39, 0.29) is 12.3 Å². The van der Waals surface area contributed by atoms with Crippen LogP contribution in [0.25, 0.3) is 0 Å². The molecule has 1 unspecified atom stereocenters. The lowest BCUT2D eigenvalue weighted by Gasteiger charge is -2.27. The first-order valence-electron chi connectivity index (χ1n) is 7.07. The van der Waals surface area contributed by atoms with Crippen LogP contribution < -0.4 is 5.73 Å². The molecule has 1 aromatic rings. The van der Waals surface area contributed by atoms with Gasteiger partial charge in [0.1, 0.15) is 6.10 Å². The van der Waals surface area contributed by atoms with E-state index in [4.69, 9.17) is 5.73 Å². The highest BCUT2D eigenvalue weighted by Gasteiger charge is 2.25. The van der Waals surface area contributed by atoms with Gasteiger partial charge in [-0.05, 0) is 18.4 Å². The van der Waals surface area contributed by atoms with Crippen molar-refractivity contribution in [3.63, 3.8) is 0 Å². The summed E-state index contributed by atoms with van der Waals surface area (Å²) in [7, 11) is 0. The standard InChI is InChI=1S/C16H20N2O3/c17-15(20)14(19)11-13-7-4-9-18(16(13)21)10-8-12-5-2-1-3-6-12/h1-3,5-7,14,19H,4,8-11H2,(H2,17,20). The second-order valence-corrected chi connectivity index (χ2v) is 5.17. The average Bonchev–Trinajstić information content (AvgIpc) is 2.49. The third kappa shape index (κ3) is 4.16. The Morgan fingerprint density at radius 1 is 1.33 bits per heavy atom. The number of carbonyl (C=O) groups excluding carboxylic acids is 2. The van der Waals surface area contributed by atoms with Crippen LogP contribution >= 0.6 is 0 Å². The molecular weight excluding hydrogens is 268 g/mol. The summed E-state index contributed by atoms with van der Waals surface area (Å²) in [5, 5.41) is 9.50. The molecule has 1 aliphatic heterocycles. The van der Waals surface area contributed by atoms with Crippen LogP contribution in [0.2, 0.25) is 0 Å². The molecule has 5 nitrogen and oxygen atoms in total. The average molecular weight is 288 g/mol. The Bertz CT molecular complexity index is 540. The van der Waals surface area contributed by atoms with Gasteiger partial charge in [-0.3, -0.25) is 9.59 Å². The molecule has 3 N–H and O–H groups in total. The molecule has 0 fully saturated rings. The van der Waals surface area contributed by atoms with Crippen molar-refractivity contribution in [1.82, 2.24) is 4.90 Å². The summed E-state index contributed by atoms with van der Waals surface area (Å²) in [4.78, 5) is 25.0. The van der Waals surface area contributed by atoms with Gasteiger partial charge in [-0.2, -0.15) is 0 Å². The number of nitrogens with zero attached hydrogens (tertiary/aromatic N) is 1. The van der Waals surface area contributed by atoms with Crippen molar-refractivity contribution in [3.8, 4) is 0 Å². The number of aliphatic hydroxyl groups is 1. The second-order valence-electron chi connectivity index (χ2n) is 5.17. The van der Waals surface area contributed by atoms with Gasteiger partial charge in [0.05, 0.1) is 0 Å². The van der Waals surface area contributed by atoms with Crippen LogP contribution in [-0.4, -0.2) is 41.0 Å². The van der Waals surface area contributed by atoms with E-state index in [0.29, 0.717) is 18.7 Å². The molecule has 1 aromatic carbocycles. The van der Waals surface area contributed by atoms with E-state index in [0.717, 1.165) is 12.8 Å². The molecule has 0 aromatic heterocycles. The maximum atomic E-state index is 12.3. The molecule has 5 heteroatoms. The Hall–Kier alpha value is -2.14. The van der Waals surface area contributed by atoms with Crippen molar-refractivity contribution in [1.29, 1.82) is 0 Å². The number of primary amides is 1. The maximum Gasteiger partial charge on any atom is 0.249 e. The maximum absolute atomic E-state index is 12.3. The van der Waals surface area contributed by atoms with E-state index < -0.39 is 12.0 Å². The van der Waals surface area contributed by atoms with Crippen LogP contribution in [0.3, 0.4) is 0 Å². The zero-order valence-electron chi connectivity index (χ0n) is 11.9. The predicted octanol–water partition coefficient (Wildman–Crippen LogP) is 0.624. The van der Waals surface area contributed by atoms with Crippen LogP contribution in [0, 0.1) is 0 Å². The summed E-state index contributed by atoms with van der Waals surface area (Å²) in [5.41, 5.74) is 6.68. The van der Waals surface area contributed by atoms with Gasteiger partial charge in [0.15, 0.2) is 0 Å². The summed E-state index contributed by atoms with van der Waals surface area (Å²) < 4.78 is 0. The van der Waals surface area contributed by atoms with Crippen LogP contribution in [0.4, 0.5) is 0 Å². The number of rotatable bonds is 6. The number of benzene rings is 1. The van der Waals surface area contributed by atoms with Crippen molar-refractivity contribution in [3.05, 3.63) is 47.5 Å². The van der Waals surface area contributed by atoms with Gasteiger partial charge >= 0.3 is 0 Å². The molecule has 0 saturated carbocycles. The summed E-state index contributed by atoms with van der Waals surface area (Å²) in [6.07, 6.45) is 2.01. The van der Waals surface area contributed by atoms with Gasteiger partial charge in [-0.1, -0.05) is 36.4 Å². The number of nitrogens with two attached hydrogens (primary N) is 1. The fourth-order valence-corrected chi connectivity index (χ4v) is 2.39. The largest absolute Gasteiger partial charge is 0.383 e. The Kier molecular flexibility index (Phi) is 5.11. The molecule has 112 valence electrons. The minimum Gasteiger partial charge on any atom is -0.383 e. The van der Waals surface area contributed by atoms with Crippen LogP contribution in [0.5, 0.6) is 0 Å². The molecule has 1 heterocycles. The summed E-state index contributed by atoms with van der Waals surface area (Å²) in [6.45, 7) is 1.30. The van der Waals surface area contributed by atoms with Crippen LogP contribution in [0.15, 0.2) is 42.0 Å². The number of hydrogen-bond donors (Lipinski definition) is 2. The first-order valence-corrected chi connectivity index (χ1v) is 7.07. The highest BCUT2D eigenvalue weighted by atomic mass is 16.3. The lowest BCUT2D eigenvalue weighted by molar-refractivity contribution is -0.129. The van der Waals surface area contributed by atoms with E-state index in [1.54, 1.807) is 11.0 Å². The minimum atomic E-state index is -1.30. The van der Waals surface area contributed by atoms with Crippen molar-refractivity contribution < 1.29 is 14.7 Å². The lowest BCUT2D eigenvalue weighted by atomic mass is 10.0. The predicted molar refractivity (Wildman–Crippen MR) is 79.2 cm³/mol. The van der Waals surface area contributed by atoms with E-state index in [9.17, 15) is 14.7 Å². The molecule has 1 atom stereocenters. The molecule has 2 rings (SSSR count). The third-order valence-electron chi connectivity index (χ3n) is 3.61. The molecule has 0 bridgehead atoms. The van der Waals surface area contributed by atoms with Crippen LogP contribution in [-0.2, 0) is 16.0 Å². The highest BCUT2D eigenvalue weighted by molar-refractivity contribution is 5.95. The molecule has 0 radical (unpaired) electrons. The summed E-state index contributed by atoms with van der Waals surface area (Å²) >= 11 is 0. The molecular formula is C16H20N2O3. The molecule has 2 amide bonds. The van der Waals surface area contributed by atoms with E-state index in [2.05, 4.69) is 0 Å². The fourth-order valence-electron chi connectivity index (χ4n) is 2.39. The first kappa shape index (κ1) is 15.3. The van der Waals surface area contributed by atoms with Gasteiger partial charge in [0.25, 0.3) is 0 Å². The smallest absolute Gasteiger partial charge is 0.249 e. The zero-order chi connectivity index (χ0) is 15.2.